The van der Waals surface area contributed by atoms with Gasteiger partial charge in [0.05, 0.1) is 48.1 Å². The Morgan fingerprint density at radius 1 is 0.603 bits per heavy atom. The van der Waals surface area contributed by atoms with Crippen molar-refractivity contribution < 1.29 is 18.9 Å². The minimum Gasteiger partial charge on any atom is -0.497 e. The number of rotatable bonds is 12. The predicted molar refractivity (Wildman–Crippen MR) is 227 cm³/mol. The van der Waals surface area contributed by atoms with E-state index in [0.717, 1.165) is 94.2 Å². The van der Waals surface area contributed by atoms with Crippen LogP contribution in [0.5, 0.6) is 23.3 Å². The molecule has 0 radical (unpaired) electrons. The molecule has 12 rings (SSSR count). The monoisotopic (exact) mass is 778 g/mol. The van der Waals surface area contributed by atoms with Gasteiger partial charge in [-0.2, -0.15) is 0 Å². The first-order valence-electron chi connectivity index (χ1n) is 21.5. The van der Waals surface area contributed by atoms with Crippen molar-refractivity contribution in [3.05, 3.63) is 96.3 Å². The normalized spacial score (nSPS) is 27.4. The molecule has 0 spiro atoms. The van der Waals surface area contributed by atoms with E-state index in [1.54, 1.807) is 14.2 Å². The number of ether oxygens (including phenoxy) is 4. The number of aromatic nitrogens is 4. The van der Waals surface area contributed by atoms with Crippen molar-refractivity contribution in [2.45, 2.75) is 76.7 Å². The Morgan fingerprint density at radius 2 is 1.07 bits per heavy atom. The number of hydrogen-bond donors (Lipinski definition) is 0. The van der Waals surface area contributed by atoms with Crippen LogP contribution in [-0.4, -0.2) is 82.4 Å². The molecule has 3 aromatic carbocycles. The fraction of sp³-hybridized carbons (Fsp3) is 0.458. The maximum Gasteiger partial charge on any atom is 0.242 e. The van der Waals surface area contributed by atoms with Crippen molar-refractivity contribution in [2.75, 3.05) is 40.4 Å². The summed E-state index contributed by atoms with van der Waals surface area (Å²) in [5.41, 5.74) is 4.01. The van der Waals surface area contributed by atoms with Gasteiger partial charge in [-0.15, -0.1) is 10.2 Å². The molecule has 0 saturated carbocycles. The van der Waals surface area contributed by atoms with Crippen LogP contribution >= 0.6 is 0 Å². The van der Waals surface area contributed by atoms with Crippen LogP contribution in [-0.2, 0) is 0 Å². The van der Waals surface area contributed by atoms with E-state index in [0.29, 0.717) is 35.4 Å². The third-order valence-corrected chi connectivity index (χ3v) is 14.3. The molecule has 4 bridgehead atoms. The molecule has 6 aromatic rings. The standard InChI is InChI=1S/C48H54N6O4/c1-5-29-27-53-21-17-31(29)23-43(53)45(35-15-19-49-41-13-11-33(55-3)25-39(35)41)57-47-37-9-7-8-10-38(37)48(52-51-47)58-46(44-24-32-18-22-54(44)28-30(32)6-2)36-16-20-50-42-14-12-34(56-4)26-40(36)42/h7-16,19-20,25-26,29-32,43-46H,5-6,17-18,21-24,27-28H2,1-4H3/t29-,30?,31+,32?,43?,44-,45+,46+/m0/s1. The van der Waals surface area contributed by atoms with E-state index in [9.17, 15) is 0 Å². The second kappa shape index (κ2) is 15.6. The lowest BCUT2D eigenvalue weighted by Crippen LogP contribution is -2.56. The molecule has 58 heavy (non-hydrogen) atoms. The van der Waals surface area contributed by atoms with Crippen LogP contribution in [0, 0.1) is 23.7 Å². The molecule has 6 saturated heterocycles. The van der Waals surface area contributed by atoms with Crippen LogP contribution in [0.15, 0.2) is 85.2 Å². The molecule has 6 aliphatic heterocycles. The summed E-state index contributed by atoms with van der Waals surface area (Å²) in [6.07, 6.45) is 10.2. The highest BCUT2D eigenvalue weighted by Crippen LogP contribution is 2.47. The summed E-state index contributed by atoms with van der Waals surface area (Å²) in [6.45, 7) is 9.00. The molecule has 10 nitrogen and oxygen atoms in total. The van der Waals surface area contributed by atoms with Gasteiger partial charge in [0.25, 0.3) is 0 Å². The van der Waals surface area contributed by atoms with Gasteiger partial charge in [0, 0.05) is 47.4 Å². The first-order chi connectivity index (χ1) is 28.5. The van der Waals surface area contributed by atoms with Gasteiger partial charge < -0.3 is 18.9 Å². The fourth-order valence-electron chi connectivity index (χ4n) is 11.1. The van der Waals surface area contributed by atoms with Gasteiger partial charge in [-0.1, -0.05) is 38.8 Å². The molecule has 0 amide bonds. The summed E-state index contributed by atoms with van der Waals surface area (Å²) in [7, 11) is 3.42. The highest BCUT2D eigenvalue weighted by atomic mass is 16.5. The van der Waals surface area contributed by atoms with E-state index >= 15 is 0 Å². The van der Waals surface area contributed by atoms with E-state index in [4.69, 9.17) is 39.1 Å². The summed E-state index contributed by atoms with van der Waals surface area (Å²) < 4.78 is 26.0. The number of methoxy groups -OCH3 is 2. The smallest absolute Gasteiger partial charge is 0.242 e. The number of hydrogen-bond acceptors (Lipinski definition) is 10. The molecule has 10 heteroatoms. The first-order valence-corrected chi connectivity index (χ1v) is 21.5. The van der Waals surface area contributed by atoms with Crippen molar-refractivity contribution in [3.8, 4) is 23.3 Å². The number of nitrogens with zero attached hydrogens (tertiary/aromatic N) is 6. The Hall–Kier alpha value is -5.06. The van der Waals surface area contributed by atoms with Crippen LogP contribution in [0.3, 0.4) is 0 Å². The van der Waals surface area contributed by atoms with E-state index in [2.05, 4.69) is 72.2 Å². The molecule has 0 N–H and O–H groups in total. The molecule has 9 heterocycles. The third kappa shape index (κ3) is 6.58. The average molecular weight is 779 g/mol. The Balaban J connectivity index is 1.06. The van der Waals surface area contributed by atoms with Crippen molar-refractivity contribution in [1.29, 1.82) is 0 Å². The Morgan fingerprint density at radius 3 is 1.47 bits per heavy atom. The van der Waals surface area contributed by atoms with Crippen molar-refractivity contribution >= 4 is 32.6 Å². The Bertz CT molecular complexity index is 2280. The zero-order valence-corrected chi connectivity index (χ0v) is 34.1. The zero-order chi connectivity index (χ0) is 39.3. The molecule has 6 aliphatic rings. The maximum absolute atomic E-state index is 7.30. The van der Waals surface area contributed by atoms with Gasteiger partial charge >= 0.3 is 0 Å². The molecule has 300 valence electrons. The van der Waals surface area contributed by atoms with Gasteiger partial charge in [0.1, 0.15) is 23.7 Å². The zero-order valence-electron chi connectivity index (χ0n) is 34.1. The highest BCUT2D eigenvalue weighted by molar-refractivity contribution is 5.91. The predicted octanol–water partition coefficient (Wildman–Crippen LogP) is 9.22. The lowest BCUT2D eigenvalue weighted by atomic mass is 9.72. The van der Waals surface area contributed by atoms with Gasteiger partial charge in [0.15, 0.2) is 0 Å². The maximum atomic E-state index is 7.30. The van der Waals surface area contributed by atoms with Crippen LogP contribution in [0.25, 0.3) is 32.6 Å². The number of pyridine rings is 2. The highest BCUT2D eigenvalue weighted by Gasteiger charge is 2.46. The van der Waals surface area contributed by atoms with E-state index in [1.807, 2.05) is 36.7 Å². The van der Waals surface area contributed by atoms with Gasteiger partial charge in [-0.3, -0.25) is 19.8 Å². The largest absolute Gasteiger partial charge is 0.497 e. The molecule has 0 aliphatic carbocycles. The average Bonchev–Trinajstić information content (AvgIpc) is 3.29. The summed E-state index contributed by atoms with van der Waals surface area (Å²) in [4.78, 5) is 14.8. The quantitative estimate of drug-likeness (QED) is 0.120. The molecule has 10 atom stereocenters. The topological polar surface area (TPSA) is 95.0 Å². The van der Waals surface area contributed by atoms with Gasteiger partial charge in [0.2, 0.25) is 11.8 Å². The van der Waals surface area contributed by atoms with E-state index < -0.39 is 0 Å². The van der Waals surface area contributed by atoms with Crippen LogP contribution in [0.1, 0.15) is 75.7 Å². The van der Waals surface area contributed by atoms with Crippen LogP contribution in [0.2, 0.25) is 0 Å². The molecule has 6 fully saturated rings. The summed E-state index contributed by atoms with van der Waals surface area (Å²) >= 11 is 0. The second-order valence-electron chi connectivity index (χ2n) is 17.0. The number of piperidine rings is 6. The minimum absolute atomic E-state index is 0.180. The first kappa shape index (κ1) is 37.2. The fourth-order valence-corrected chi connectivity index (χ4v) is 11.1. The third-order valence-electron chi connectivity index (χ3n) is 14.3. The lowest BCUT2D eigenvalue weighted by Gasteiger charge is -2.52. The molecular weight excluding hydrogens is 725 g/mol. The van der Waals surface area contributed by atoms with E-state index in [-0.39, 0.29) is 24.3 Å². The SMILES string of the molecule is CCC1CN2CCC1C[C@H]2[C@H](Oc1nnc(O[C@H](c2ccnc3ccc(OC)cc23)C2C[C@H]3CCN2C[C@@H]3CC)c2ccccc12)c1ccnc2ccc(OC)cc12. The van der Waals surface area contributed by atoms with Crippen molar-refractivity contribution in [3.63, 3.8) is 0 Å². The lowest BCUT2D eigenvalue weighted by molar-refractivity contribution is -0.0505. The minimum atomic E-state index is -0.300. The molecular formula is C48H54N6O4. The van der Waals surface area contributed by atoms with Crippen LogP contribution < -0.4 is 18.9 Å². The van der Waals surface area contributed by atoms with Gasteiger partial charge in [-0.05, 0) is 123 Å². The van der Waals surface area contributed by atoms with Crippen molar-refractivity contribution in [2.24, 2.45) is 23.7 Å². The van der Waals surface area contributed by atoms with Crippen molar-refractivity contribution in [1.82, 2.24) is 30.0 Å². The number of fused-ring (bicyclic) bond motifs is 9. The second-order valence-corrected chi connectivity index (χ2v) is 17.0. The molecule has 5 unspecified atom stereocenters. The number of benzene rings is 3. The summed E-state index contributed by atoms with van der Waals surface area (Å²) in [5.74, 6) is 5.39. The summed E-state index contributed by atoms with van der Waals surface area (Å²) in [6, 6.07) is 25.1. The van der Waals surface area contributed by atoms with Crippen LogP contribution in [0.4, 0.5) is 0 Å². The summed E-state index contributed by atoms with van der Waals surface area (Å²) in [5, 5.41) is 13.7. The van der Waals surface area contributed by atoms with E-state index in [1.165, 1.54) is 25.7 Å². The van der Waals surface area contributed by atoms with Gasteiger partial charge in [-0.25, -0.2) is 0 Å². The Labute approximate surface area is 340 Å². The molecule has 3 aromatic heterocycles. The Kier molecular flexibility index (Phi) is 10.0.